The number of nitrogens with one attached hydrogen (secondary N) is 2. The summed E-state index contributed by atoms with van der Waals surface area (Å²) < 4.78 is 11.2. The quantitative estimate of drug-likeness (QED) is 0.480. The second kappa shape index (κ2) is 10.9. The van der Waals surface area contributed by atoms with Crippen LogP contribution in [0.3, 0.4) is 0 Å². The first-order valence-corrected chi connectivity index (χ1v) is 9.93. The number of hydrogen-bond acceptors (Lipinski definition) is 4. The lowest BCUT2D eigenvalue weighted by Crippen LogP contribution is -2.36. The average molecular weight is 432 g/mol. The van der Waals surface area contributed by atoms with Crippen LogP contribution in [0.4, 0.5) is 0 Å². The van der Waals surface area contributed by atoms with E-state index in [1.165, 1.54) is 0 Å². The van der Waals surface area contributed by atoms with Crippen LogP contribution in [0.5, 0.6) is 11.5 Å². The van der Waals surface area contributed by atoms with E-state index in [0.717, 1.165) is 22.0 Å². The molecule has 1 aromatic heterocycles. The van der Waals surface area contributed by atoms with Crippen LogP contribution in [0, 0.1) is 5.92 Å². The highest BCUT2D eigenvalue weighted by atomic mass is 35.5. The molecule has 0 aliphatic rings. The highest BCUT2D eigenvalue weighted by molar-refractivity contribution is 5.85. The monoisotopic (exact) mass is 431 g/mol. The first kappa shape index (κ1) is 23.6. The molecular formula is C23H30ClN3O3. The molecule has 0 saturated heterocycles. The van der Waals surface area contributed by atoms with Gasteiger partial charge in [0.1, 0.15) is 0 Å². The molecule has 6 nitrogen and oxygen atoms in total. The van der Waals surface area contributed by atoms with E-state index in [-0.39, 0.29) is 30.2 Å². The first-order chi connectivity index (χ1) is 14.1. The average Bonchev–Trinajstić information content (AvgIpc) is 3.18. The van der Waals surface area contributed by atoms with E-state index in [2.05, 4.69) is 16.4 Å². The molecule has 0 spiro atoms. The van der Waals surface area contributed by atoms with Crippen molar-refractivity contribution in [1.82, 2.24) is 10.3 Å². The predicted octanol–water partition coefficient (Wildman–Crippen LogP) is 3.84. The van der Waals surface area contributed by atoms with E-state index in [9.17, 15) is 4.79 Å². The van der Waals surface area contributed by atoms with Gasteiger partial charge in [-0.05, 0) is 36.2 Å². The number of hydrogen-bond donors (Lipinski definition) is 3. The molecule has 2 aromatic carbocycles. The maximum atomic E-state index is 12.4. The van der Waals surface area contributed by atoms with Crippen LogP contribution in [0.15, 0.2) is 48.7 Å². The number of ether oxygens (including phenoxy) is 2. The summed E-state index contributed by atoms with van der Waals surface area (Å²) in [6.07, 6.45) is 2.01. The molecular weight excluding hydrogens is 402 g/mol. The van der Waals surface area contributed by atoms with Crippen LogP contribution in [0.1, 0.15) is 30.9 Å². The molecule has 2 unspecified atom stereocenters. The van der Waals surface area contributed by atoms with Gasteiger partial charge in [0, 0.05) is 42.0 Å². The van der Waals surface area contributed by atoms with Gasteiger partial charge < -0.3 is 25.5 Å². The largest absolute Gasteiger partial charge is 0.493 e. The Morgan fingerprint density at radius 3 is 2.67 bits per heavy atom. The highest BCUT2D eigenvalue weighted by Gasteiger charge is 2.22. The van der Waals surface area contributed by atoms with Crippen LogP contribution in [-0.4, -0.2) is 37.7 Å². The SMILES string of the molecule is CCOc1ccc(C(CNC(=O)C(C)CN)c2c[nH]c3ccccc23)cc1OC.Cl. The van der Waals surface area contributed by atoms with E-state index in [1.54, 1.807) is 7.11 Å². The van der Waals surface area contributed by atoms with E-state index in [4.69, 9.17) is 15.2 Å². The van der Waals surface area contributed by atoms with Gasteiger partial charge in [0.15, 0.2) is 11.5 Å². The molecule has 3 aromatic rings. The second-order valence-corrected chi connectivity index (χ2v) is 7.07. The fourth-order valence-corrected chi connectivity index (χ4v) is 3.45. The minimum atomic E-state index is -0.228. The lowest BCUT2D eigenvalue weighted by atomic mass is 9.90. The number of para-hydroxylation sites is 1. The summed E-state index contributed by atoms with van der Waals surface area (Å²) in [6, 6.07) is 14.1. The van der Waals surface area contributed by atoms with Gasteiger partial charge >= 0.3 is 0 Å². The number of fused-ring (bicyclic) bond motifs is 1. The third-order valence-corrected chi connectivity index (χ3v) is 5.17. The van der Waals surface area contributed by atoms with Crippen molar-refractivity contribution in [2.45, 2.75) is 19.8 Å². The summed E-state index contributed by atoms with van der Waals surface area (Å²) in [4.78, 5) is 15.7. The standard InChI is InChI=1S/C23H29N3O3.ClH/c1-4-29-21-10-9-16(11-22(21)28-3)18(13-26-23(27)15(2)12-24)19-14-25-20-8-6-5-7-17(19)20;/h5-11,14-15,18,25H,4,12-13,24H2,1-3H3,(H,26,27);1H. The Balaban J connectivity index is 0.00000320. The fourth-order valence-electron chi connectivity index (χ4n) is 3.45. The molecule has 0 bridgehead atoms. The van der Waals surface area contributed by atoms with Gasteiger partial charge in [-0.2, -0.15) is 0 Å². The van der Waals surface area contributed by atoms with Gasteiger partial charge in [-0.15, -0.1) is 12.4 Å². The van der Waals surface area contributed by atoms with Crippen molar-refractivity contribution in [3.8, 4) is 11.5 Å². The summed E-state index contributed by atoms with van der Waals surface area (Å²) in [5.41, 5.74) is 8.86. The van der Waals surface area contributed by atoms with E-state index >= 15 is 0 Å². The normalized spacial score (nSPS) is 12.7. The van der Waals surface area contributed by atoms with Crippen molar-refractivity contribution in [3.63, 3.8) is 0 Å². The molecule has 30 heavy (non-hydrogen) atoms. The number of aromatic amines is 1. The van der Waals surface area contributed by atoms with Gasteiger partial charge in [-0.1, -0.05) is 31.2 Å². The zero-order valence-electron chi connectivity index (χ0n) is 17.6. The molecule has 0 fully saturated rings. The van der Waals surface area contributed by atoms with Crippen LogP contribution in [-0.2, 0) is 4.79 Å². The zero-order chi connectivity index (χ0) is 20.8. The molecule has 1 amide bonds. The minimum absolute atomic E-state index is 0. The third-order valence-electron chi connectivity index (χ3n) is 5.17. The number of rotatable bonds is 9. The molecule has 0 aliphatic carbocycles. The second-order valence-electron chi connectivity index (χ2n) is 7.07. The van der Waals surface area contributed by atoms with Crippen LogP contribution >= 0.6 is 12.4 Å². The molecule has 4 N–H and O–H groups in total. The number of carbonyl (C=O) groups excluding carboxylic acids is 1. The Kier molecular flexibility index (Phi) is 8.57. The summed E-state index contributed by atoms with van der Waals surface area (Å²) in [5.74, 6) is 1.06. The van der Waals surface area contributed by atoms with Crippen molar-refractivity contribution in [1.29, 1.82) is 0 Å². The molecule has 0 radical (unpaired) electrons. The van der Waals surface area contributed by atoms with Crippen molar-refractivity contribution >= 4 is 29.2 Å². The van der Waals surface area contributed by atoms with Crippen molar-refractivity contribution in [2.75, 3.05) is 26.8 Å². The summed E-state index contributed by atoms with van der Waals surface area (Å²) in [6.45, 7) is 5.11. The number of amides is 1. The van der Waals surface area contributed by atoms with Crippen LogP contribution < -0.4 is 20.5 Å². The number of halogens is 1. The van der Waals surface area contributed by atoms with Crippen LogP contribution in [0.25, 0.3) is 10.9 Å². The third kappa shape index (κ3) is 5.07. The maximum absolute atomic E-state index is 12.4. The van der Waals surface area contributed by atoms with Gasteiger partial charge in [0.05, 0.1) is 13.7 Å². The predicted molar refractivity (Wildman–Crippen MR) is 123 cm³/mol. The topological polar surface area (TPSA) is 89.4 Å². The number of benzene rings is 2. The number of methoxy groups -OCH3 is 1. The van der Waals surface area contributed by atoms with Gasteiger partial charge in [0.25, 0.3) is 0 Å². The molecule has 7 heteroatoms. The molecule has 0 aliphatic heterocycles. The lowest BCUT2D eigenvalue weighted by Gasteiger charge is -2.21. The number of H-pyrrole nitrogens is 1. The van der Waals surface area contributed by atoms with Crippen molar-refractivity contribution in [3.05, 3.63) is 59.8 Å². The molecule has 2 atom stereocenters. The van der Waals surface area contributed by atoms with Gasteiger partial charge in [-0.3, -0.25) is 4.79 Å². The molecule has 162 valence electrons. The Labute approximate surface area is 183 Å². The molecule has 1 heterocycles. The Morgan fingerprint density at radius 1 is 1.20 bits per heavy atom. The summed E-state index contributed by atoms with van der Waals surface area (Å²) >= 11 is 0. The molecule has 3 rings (SSSR count). The number of aromatic nitrogens is 1. The summed E-state index contributed by atoms with van der Waals surface area (Å²) in [5, 5.41) is 4.19. The Morgan fingerprint density at radius 2 is 1.97 bits per heavy atom. The highest BCUT2D eigenvalue weighted by Crippen LogP contribution is 2.35. The summed E-state index contributed by atoms with van der Waals surface area (Å²) in [7, 11) is 1.63. The van der Waals surface area contributed by atoms with E-state index in [0.29, 0.717) is 31.2 Å². The van der Waals surface area contributed by atoms with Gasteiger partial charge in [0.2, 0.25) is 5.91 Å². The van der Waals surface area contributed by atoms with Crippen molar-refractivity contribution in [2.24, 2.45) is 11.7 Å². The van der Waals surface area contributed by atoms with E-state index in [1.807, 2.05) is 56.4 Å². The van der Waals surface area contributed by atoms with Crippen molar-refractivity contribution < 1.29 is 14.3 Å². The zero-order valence-corrected chi connectivity index (χ0v) is 18.4. The Hall–Kier alpha value is -2.70. The lowest BCUT2D eigenvalue weighted by molar-refractivity contribution is -0.124. The number of carbonyl (C=O) groups is 1. The Bertz CT molecular complexity index is 973. The smallest absolute Gasteiger partial charge is 0.224 e. The minimum Gasteiger partial charge on any atom is -0.493 e. The first-order valence-electron chi connectivity index (χ1n) is 9.93. The maximum Gasteiger partial charge on any atom is 0.224 e. The van der Waals surface area contributed by atoms with Gasteiger partial charge in [-0.25, -0.2) is 0 Å². The fraction of sp³-hybridized carbons (Fsp3) is 0.348. The van der Waals surface area contributed by atoms with E-state index < -0.39 is 0 Å². The van der Waals surface area contributed by atoms with Crippen LogP contribution in [0.2, 0.25) is 0 Å². The molecule has 0 saturated carbocycles. The number of nitrogens with two attached hydrogens (primary N) is 1.